The van der Waals surface area contributed by atoms with Gasteiger partial charge in [-0.05, 0) is 24.1 Å². The smallest absolute Gasteiger partial charge is 0.295 e. The highest BCUT2D eigenvalue weighted by Gasteiger charge is 2.46. The third kappa shape index (κ3) is 3.20. The molecule has 1 unspecified atom stereocenters. The fourth-order valence-electron chi connectivity index (χ4n) is 4.60. The minimum absolute atomic E-state index is 0.0527. The summed E-state index contributed by atoms with van der Waals surface area (Å²) in [5.41, 5.74) is -0.188. The van der Waals surface area contributed by atoms with Crippen LogP contribution in [0, 0.1) is 11.2 Å². The first-order valence-electron chi connectivity index (χ1n) is 9.94. The minimum Gasteiger partial charge on any atom is -0.502 e. The average Bonchev–Trinajstić information content (AvgIpc) is 2.96. The molecular weight excluding hydrogens is 425 g/mol. The number of hydrogen-bond donors (Lipinski definition) is 1. The topological polar surface area (TPSA) is 82.9 Å². The molecule has 2 aliphatic heterocycles. The summed E-state index contributed by atoms with van der Waals surface area (Å²) in [7, 11) is 1.61. The molecule has 0 saturated carbocycles. The molecule has 1 N–H and O–H groups in total. The van der Waals surface area contributed by atoms with E-state index >= 15 is 0 Å². The molecule has 2 aromatic rings. The Morgan fingerprint density at radius 3 is 2.48 bits per heavy atom. The zero-order valence-corrected chi connectivity index (χ0v) is 18.5. The van der Waals surface area contributed by atoms with Gasteiger partial charge in [0.05, 0.1) is 10.6 Å². The number of carbonyl (C=O) groups is 2. The van der Waals surface area contributed by atoms with Crippen LogP contribution < -0.4 is 5.56 Å². The lowest BCUT2D eigenvalue weighted by Crippen LogP contribution is -2.41. The number of carbonyl (C=O) groups excluding carboxylic acids is 2. The van der Waals surface area contributed by atoms with Gasteiger partial charge in [0.1, 0.15) is 17.7 Å². The van der Waals surface area contributed by atoms with E-state index in [1.54, 1.807) is 7.05 Å². The monoisotopic (exact) mass is 447 g/mol. The molecule has 0 aliphatic carbocycles. The number of hydrogen-bond acceptors (Lipinski definition) is 4. The Balaban J connectivity index is 1.80. The van der Waals surface area contributed by atoms with Crippen LogP contribution in [0.15, 0.2) is 23.0 Å². The molecule has 0 fully saturated rings. The van der Waals surface area contributed by atoms with Gasteiger partial charge in [-0.25, -0.2) is 4.39 Å². The van der Waals surface area contributed by atoms with Crippen molar-refractivity contribution in [3.8, 4) is 5.75 Å². The van der Waals surface area contributed by atoms with Crippen molar-refractivity contribution in [2.24, 2.45) is 5.41 Å². The lowest BCUT2D eigenvalue weighted by molar-refractivity contribution is 0.0564. The molecule has 31 heavy (non-hydrogen) atoms. The first-order valence-corrected chi connectivity index (χ1v) is 10.3. The van der Waals surface area contributed by atoms with E-state index in [-0.39, 0.29) is 35.3 Å². The summed E-state index contributed by atoms with van der Waals surface area (Å²) in [6.07, 6.45) is -0.275. The number of rotatable bonds is 2. The van der Waals surface area contributed by atoms with Crippen molar-refractivity contribution >= 4 is 23.4 Å². The van der Waals surface area contributed by atoms with Gasteiger partial charge >= 0.3 is 0 Å². The first kappa shape index (κ1) is 21.4. The third-order valence-corrected chi connectivity index (χ3v) is 6.18. The molecule has 2 amide bonds. The number of aromatic nitrogens is 1. The maximum Gasteiger partial charge on any atom is 0.295 e. The summed E-state index contributed by atoms with van der Waals surface area (Å²) >= 11 is 5.83. The van der Waals surface area contributed by atoms with Gasteiger partial charge in [-0.3, -0.25) is 19.0 Å². The summed E-state index contributed by atoms with van der Waals surface area (Å²) in [5.74, 6) is -2.10. The van der Waals surface area contributed by atoms with Crippen LogP contribution in [-0.4, -0.2) is 44.9 Å². The van der Waals surface area contributed by atoms with E-state index in [2.05, 4.69) is 0 Å². The van der Waals surface area contributed by atoms with Crippen molar-refractivity contribution in [3.05, 3.63) is 61.8 Å². The predicted molar refractivity (Wildman–Crippen MR) is 113 cm³/mol. The fraction of sp³-hybridized carbons (Fsp3) is 0.409. The van der Waals surface area contributed by atoms with Crippen molar-refractivity contribution < 1.29 is 19.1 Å². The van der Waals surface area contributed by atoms with E-state index in [9.17, 15) is 23.9 Å². The van der Waals surface area contributed by atoms with E-state index in [4.69, 9.17) is 11.6 Å². The molecule has 9 heteroatoms. The highest BCUT2D eigenvalue weighted by Crippen LogP contribution is 2.41. The van der Waals surface area contributed by atoms with Crippen LogP contribution in [0.25, 0.3) is 0 Å². The molecule has 1 atom stereocenters. The summed E-state index contributed by atoms with van der Waals surface area (Å²) in [6, 6.07) is 4.18. The van der Waals surface area contributed by atoms with Crippen molar-refractivity contribution in [1.29, 1.82) is 0 Å². The van der Waals surface area contributed by atoms with Gasteiger partial charge in [0, 0.05) is 31.1 Å². The van der Waals surface area contributed by atoms with Crippen molar-refractivity contribution in [1.82, 2.24) is 14.4 Å². The Hall–Kier alpha value is -2.87. The fourth-order valence-corrected chi connectivity index (χ4v) is 4.81. The van der Waals surface area contributed by atoms with E-state index < -0.39 is 34.6 Å². The number of halogens is 2. The van der Waals surface area contributed by atoms with E-state index in [0.29, 0.717) is 17.5 Å². The Bertz CT molecular complexity index is 1180. The Morgan fingerprint density at radius 2 is 1.87 bits per heavy atom. The van der Waals surface area contributed by atoms with Gasteiger partial charge < -0.3 is 14.9 Å². The van der Waals surface area contributed by atoms with E-state index in [0.717, 1.165) is 0 Å². The molecule has 7 nitrogen and oxygen atoms in total. The molecule has 2 aliphatic rings. The molecule has 0 radical (unpaired) electrons. The van der Waals surface area contributed by atoms with Gasteiger partial charge in [0.2, 0.25) is 0 Å². The normalized spacial score (nSPS) is 18.5. The van der Waals surface area contributed by atoms with Crippen LogP contribution >= 0.6 is 11.6 Å². The van der Waals surface area contributed by atoms with Crippen LogP contribution in [0.1, 0.15) is 58.9 Å². The number of fused-ring (bicyclic) bond motifs is 3. The van der Waals surface area contributed by atoms with Crippen LogP contribution in [-0.2, 0) is 13.0 Å². The van der Waals surface area contributed by atoms with E-state index in [1.807, 2.05) is 20.8 Å². The molecular formula is C22H23ClFN3O4. The maximum atomic E-state index is 13.4. The Morgan fingerprint density at radius 1 is 1.19 bits per heavy atom. The Kier molecular flexibility index (Phi) is 4.88. The molecule has 3 heterocycles. The second-order valence-corrected chi connectivity index (χ2v) is 9.51. The van der Waals surface area contributed by atoms with Crippen molar-refractivity contribution in [3.63, 3.8) is 0 Å². The van der Waals surface area contributed by atoms with Crippen LogP contribution in [0.4, 0.5) is 4.39 Å². The van der Waals surface area contributed by atoms with Gasteiger partial charge in [0.15, 0.2) is 5.75 Å². The highest BCUT2D eigenvalue weighted by molar-refractivity contribution is 6.30. The number of aromatic hydroxyl groups is 1. The lowest BCUT2D eigenvalue weighted by atomic mass is 9.91. The number of pyridine rings is 1. The summed E-state index contributed by atoms with van der Waals surface area (Å²) in [6.45, 7) is 6.12. The van der Waals surface area contributed by atoms with Gasteiger partial charge in [-0.15, -0.1) is 0 Å². The summed E-state index contributed by atoms with van der Waals surface area (Å²) in [4.78, 5) is 42.3. The SMILES string of the molecule is CN1C(=O)c2c3c(c(O)c(=O)n2C1C(C)(C)C)C(=O)N(Cc1ccc(F)c(Cl)c1)CC3. The standard InChI is InChI=1S/C22H23ClFN3O4/c1-22(2,3)21-25(4)19(30)16-12-7-8-26(10-11-5-6-14(24)13(23)9-11)18(29)15(12)17(28)20(31)27(16)21/h5-6,9,21,28H,7-8,10H2,1-4H3. The molecule has 1 aromatic heterocycles. The van der Waals surface area contributed by atoms with Gasteiger partial charge in [-0.1, -0.05) is 38.4 Å². The van der Waals surface area contributed by atoms with Gasteiger partial charge in [-0.2, -0.15) is 0 Å². The lowest BCUT2D eigenvalue weighted by Gasteiger charge is -2.34. The first-order chi connectivity index (χ1) is 14.4. The zero-order chi connectivity index (χ0) is 22.8. The zero-order valence-electron chi connectivity index (χ0n) is 17.7. The second kappa shape index (κ2) is 7.09. The molecule has 0 spiro atoms. The average molecular weight is 448 g/mol. The predicted octanol–water partition coefficient (Wildman–Crippen LogP) is 3.18. The summed E-state index contributed by atoms with van der Waals surface area (Å²) in [5, 5.41) is 10.7. The van der Waals surface area contributed by atoms with Gasteiger partial charge in [0.25, 0.3) is 17.4 Å². The number of amides is 2. The van der Waals surface area contributed by atoms with Crippen LogP contribution in [0.2, 0.25) is 5.02 Å². The second-order valence-electron chi connectivity index (χ2n) is 9.11. The highest BCUT2D eigenvalue weighted by atomic mass is 35.5. The summed E-state index contributed by atoms with van der Waals surface area (Å²) < 4.78 is 14.8. The Labute approximate surface area is 183 Å². The molecule has 0 bridgehead atoms. The third-order valence-electron chi connectivity index (χ3n) is 5.89. The molecule has 4 rings (SSSR count). The maximum absolute atomic E-state index is 13.4. The number of benzene rings is 1. The van der Waals surface area contributed by atoms with Crippen molar-refractivity contribution in [2.75, 3.05) is 13.6 Å². The molecule has 164 valence electrons. The van der Waals surface area contributed by atoms with E-state index in [1.165, 1.54) is 32.6 Å². The largest absolute Gasteiger partial charge is 0.502 e. The molecule has 1 aromatic carbocycles. The van der Waals surface area contributed by atoms with Crippen molar-refractivity contribution in [2.45, 2.75) is 39.9 Å². The minimum atomic E-state index is -0.758. The van der Waals surface area contributed by atoms with Crippen LogP contribution in [0.3, 0.4) is 0 Å². The molecule has 0 saturated heterocycles. The number of nitrogens with zero attached hydrogens (tertiary/aromatic N) is 3. The quantitative estimate of drug-likeness (QED) is 0.766. The van der Waals surface area contributed by atoms with Crippen LogP contribution in [0.5, 0.6) is 5.75 Å².